The number of pyridine rings is 1. The summed E-state index contributed by atoms with van der Waals surface area (Å²) in [5.74, 6) is -0.366. The zero-order valence-corrected chi connectivity index (χ0v) is 11.0. The van der Waals surface area contributed by atoms with Gasteiger partial charge in [0.15, 0.2) is 0 Å². The molecule has 1 saturated heterocycles. The Labute approximate surface area is 114 Å². The third kappa shape index (κ3) is 2.91. The van der Waals surface area contributed by atoms with E-state index in [9.17, 15) is 9.59 Å². The van der Waals surface area contributed by atoms with Gasteiger partial charge >= 0.3 is 0 Å². The molecule has 1 aromatic heterocycles. The van der Waals surface area contributed by atoms with Crippen molar-refractivity contribution in [3.05, 3.63) is 28.0 Å². The van der Waals surface area contributed by atoms with Gasteiger partial charge in [0.25, 0.3) is 5.91 Å². The van der Waals surface area contributed by atoms with Gasteiger partial charge in [-0.25, -0.2) is 4.98 Å². The number of nitrogens with zero attached hydrogens (tertiary/aromatic N) is 2. The van der Waals surface area contributed by atoms with Crippen LogP contribution in [0.5, 0.6) is 0 Å². The standard InChI is InChI=1S/C11H11Cl2N3O2/c12-7-1-2-8(13)15-10(7)11(18)16-5-3-9(17)14-4-6-16/h1-2H,3-6H2,(H,14,17). The summed E-state index contributed by atoms with van der Waals surface area (Å²) in [6.45, 7) is 1.23. The van der Waals surface area contributed by atoms with E-state index in [1.807, 2.05) is 0 Å². The summed E-state index contributed by atoms with van der Waals surface area (Å²) in [6.07, 6.45) is 0.282. The molecule has 0 radical (unpaired) electrons. The van der Waals surface area contributed by atoms with Gasteiger partial charge in [-0.2, -0.15) is 0 Å². The largest absolute Gasteiger partial charge is 0.354 e. The number of hydrogen-bond acceptors (Lipinski definition) is 3. The Balaban J connectivity index is 2.19. The molecule has 1 aliphatic rings. The lowest BCUT2D eigenvalue weighted by Crippen LogP contribution is -2.34. The summed E-state index contributed by atoms with van der Waals surface area (Å²) in [4.78, 5) is 28.9. The molecule has 1 fully saturated rings. The first-order valence-corrected chi connectivity index (χ1v) is 6.21. The van der Waals surface area contributed by atoms with Crippen molar-refractivity contribution in [1.29, 1.82) is 0 Å². The maximum atomic E-state index is 12.2. The molecule has 96 valence electrons. The van der Waals surface area contributed by atoms with Crippen LogP contribution in [0.3, 0.4) is 0 Å². The molecule has 1 N–H and O–H groups in total. The summed E-state index contributed by atoms with van der Waals surface area (Å²) in [5.41, 5.74) is 0.124. The topological polar surface area (TPSA) is 62.3 Å². The van der Waals surface area contributed by atoms with Crippen LogP contribution in [0, 0.1) is 0 Å². The van der Waals surface area contributed by atoms with Gasteiger partial charge in [0, 0.05) is 26.1 Å². The number of aromatic nitrogens is 1. The van der Waals surface area contributed by atoms with Crippen LogP contribution in [0.4, 0.5) is 0 Å². The Morgan fingerprint density at radius 3 is 2.89 bits per heavy atom. The minimum atomic E-state index is -0.306. The second-order valence-corrected chi connectivity index (χ2v) is 4.65. The highest BCUT2D eigenvalue weighted by Gasteiger charge is 2.22. The van der Waals surface area contributed by atoms with Crippen molar-refractivity contribution in [3.63, 3.8) is 0 Å². The van der Waals surface area contributed by atoms with Crippen LogP contribution >= 0.6 is 23.2 Å². The van der Waals surface area contributed by atoms with E-state index >= 15 is 0 Å². The lowest BCUT2D eigenvalue weighted by molar-refractivity contribution is -0.120. The van der Waals surface area contributed by atoms with Gasteiger partial charge in [-0.1, -0.05) is 23.2 Å². The Morgan fingerprint density at radius 1 is 1.33 bits per heavy atom. The van der Waals surface area contributed by atoms with Crippen LogP contribution in [0.15, 0.2) is 12.1 Å². The smallest absolute Gasteiger partial charge is 0.274 e. The van der Waals surface area contributed by atoms with E-state index in [0.717, 1.165) is 0 Å². The lowest BCUT2D eigenvalue weighted by atomic mass is 10.3. The molecule has 0 bridgehead atoms. The molecule has 0 spiro atoms. The summed E-state index contributed by atoms with van der Waals surface area (Å²) in [5, 5.41) is 3.17. The number of hydrogen-bond donors (Lipinski definition) is 1. The Hall–Kier alpha value is -1.33. The molecule has 2 rings (SSSR count). The molecule has 7 heteroatoms. The molecule has 0 saturated carbocycles. The van der Waals surface area contributed by atoms with E-state index in [1.165, 1.54) is 12.1 Å². The van der Waals surface area contributed by atoms with Crippen LogP contribution in [-0.2, 0) is 4.79 Å². The monoisotopic (exact) mass is 287 g/mol. The third-order valence-corrected chi connectivity index (χ3v) is 3.13. The van der Waals surface area contributed by atoms with E-state index in [1.54, 1.807) is 4.90 Å². The summed E-state index contributed by atoms with van der Waals surface area (Å²) >= 11 is 11.7. The first-order chi connectivity index (χ1) is 8.58. The fraction of sp³-hybridized carbons (Fsp3) is 0.364. The number of rotatable bonds is 1. The fourth-order valence-corrected chi connectivity index (χ4v) is 2.02. The Morgan fingerprint density at radius 2 is 2.11 bits per heavy atom. The molecule has 0 aliphatic carbocycles. The first-order valence-electron chi connectivity index (χ1n) is 5.46. The predicted molar refractivity (Wildman–Crippen MR) is 67.8 cm³/mol. The van der Waals surface area contributed by atoms with Crippen LogP contribution in [-0.4, -0.2) is 41.3 Å². The van der Waals surface area contributed by atoms with Gasteiger partial charge in [0.1, 0.15) is 10.8 Å². The Bertz CT molecular complexity index is 493. The predicted octanol–water partition coefficient (Wildman–Crippen LogP) is 1.35. The molecule has 1 aromatic rings. The number of carbonyl (C=O) groups is 2. The van der Waals surface area contributed by atoms with Crippen LogP contribution in [0.2, 0.25) is 10.2 Å². The van der Waals surface area contributed by atoms with Crippen molar-refractivity contribution in [2.75, 3.05) is 19.6 Å². The second-order valence-electron chi connectivity index (χ2n) is 3.86. The van der Waals surface area contributed by atoms with Gasteiger partial charge < -0.3 is 10.2 Å². The minimum Gasteiger partial charge on any atom is -0.354 e. The normalized spacial score (nSPS) is 16.1. The van der Waals surface area contributed by atoms with Gasteiger partial charge in [0.05, 0.1) is 5.02 Å². The molecule has 0 unspecified atom stereocenters. The van der Waals surface area contributed by atoms with Gasteiger partial charge in [-0.05, 0) is 12.1 Å². The van der Waals surface area contributed by atoms with Gasteiger partial charge in [0.2, 0.25) is 5.91 Å². The summed E-state index contributed by atoms with van der Waals surface area (Å²) in [7, 11) is 0. The zero-order chi connectivity index (χ0) is 13.1. The number of nitrogens with one attached hydrogen (secondary N) is 1. The SMILES string of the molecule is O=C1CCN(C(=O)c2nc(Cl)ccc2Cl)CCN1. The second kappa shape index (κ2) is 5.54. The van der Waals surface area contributed by atoms with E-state index < -0.39 is 0 Å². The molecule has 1 aliphatic heterocycles. The van der Waals surface area contributed by atoms with Crippen molar-refractivity contribution in [3.8, 4) is 0 Å². The highest BCUT2D eigenvalue weighted by Crippen LogP contribution is 2.18. The highest BCUT2D eigenvalue weighted by atomic mass is 35.5. The van der Waals surface area contributed by atoms with E-state index in [0.29, 0.717) is 19.6 Å². The minimum absolute atomic E-state index is 0.0598. The maximum Gasteiger partial charge on any atom is 0.274 e. The Kier molecular flexibility index (Phi) is 4.04. The number of halogens is 2. The van der Waals surface area contributed by atoms with Crippen molar-refractivity contribution >= 4 is 35.0 Å². The maximum absolute atomic E-state index is 12.2. The highest BCUT2D eigenvalue weighted by molar-refractivity contribution is 6.34. The van der Waals surface area contributed by atoms with Crippen molar-refractivity contribution in [2.24, 2.45) is 0 Å². The van der Waals surface area contributed by atoms with E-state index in [2.05, 4.69) is 10.3 Å². The molecule has 0 atom stereocenters. The molecular weight excluding hydrogens is 277 g/mol. The lowest BCUT2D eigenvalue weighted by Gasteiger charge is -2.19. The molecule has 2 amide bonds. The average molecular weight is 288 g/mol. The fourth-order valence-electron chi connectivity index (χ4n) is 1.69. The number of carbonyl (C=O) groups excluding carboxylic acids is 2. The first kappa shape index (κ1) is 13.1. The van der Waals surface area contributed by atoms with Crippen LogP contribution in [0.25, 0.3) is 0 Å². The van der Waals surface area contributed by atoms with Crippen molar-refractivity contribution in [1.82, 2.24) is 15.2 Å². The van der Waals surface area contributed by atoms with E-state index in [-0.39, 0.29) is 34.1 Å². The van der Waals surface area contributed by atoms with Crippen molar-refractivity contribution < 1.29 is 9.59 Å². The molecule has 0 aromatic carbocycles. The molecule has 2 heterocycles. The number of amides is 2. The molecule has 18 heavy (non-hydrogen) atoms. The van der Waals surface area contributed by atoms with Gasteiger partial charge in [-0.15, -0.1) is 0 Å². The summed E-state index contributed by atoms with van der Waals surface area (Å²) in [6, 6.07) is 3.06. The zero-order valence-electron chi connectivity index (χ0n) is 9.45. The van der Waals surface area contributed by atoms with Crippen LogP contribution < -0.4 is 5.32 Å². The molecule has 5 nitrogen and oxygen atoms in total. The third-order valence-electron chi connectivity index (χ3n) is 2.61. The van der Waals surface area contributed by atoms with Gasteiger partial charge in [-0.3, -0.25) is 9.59 Å². The molecular formula is C11H11Cl2N3O2. The summed E-state index contributed by atoms with van der Waals surface area (Å²) < 4.78 is 0. The quantitative estimate of drug-likeness (QED) is 0.793. The average Bonchev–Trinajstić information content (AvgIpc) is 2.56. The van der Waals surface area contributed by atoms with E-state index in [4.69, 9.17) is 23.2 Å². The van der Waals surface area contributed by atoms with Crippen molar-refractivity contribution in [2.45, 2.75) is 6.42 Å². The van der Waals surface area contributed by atoms with Crippen LogP contribution in [0.1, 0.15) is 16.9 Å².